The maximum Gasteiger partial charge on any atom is 0.264 e. The Hall–Kier alpha value is -3.85. The minimum atomic E-state index is -4.14. The molecule has 3 aromatic rings. The number of methoxy groups -OCH3 is 1. The lowest BCUT2D eigenvalue weighted by Gasteiger charge is -2.33. The molecule has 208 valence electrons. The van der Waals surface area contributed by atoms with Crippen molar-refractivity contribution in [2.45, 2.75) is 44.0 Å². The third-order valence-electron chi connectivity index (χ3n) is 6.38. The number of rotatable bonds is 14. The molecule has 0 saturated heterocycles. The second-order valence-corrected chi connectivity index (χ2v) is 10.9. The molecule has 0 aliphatic heterocycles. The third kappa shape index (κ3) is 7.60. The van der Waals surface area contributed by atoms with Gasteiger partial charge in [0.15, 0.2) is 0 Å². The fraction of sp³-hybridized carbons (Fsp3) is 0.333. The van der Waals surface area contributed by atoms with E-state index in [1.165, 1.54) is 24.1 Å². The molecular formula is C30H37N3O5S. The van der Waals surface area contributed by atoms with Gasteiger partial charge >= 0.3 is 0 Å². The van der Waals surface area contributed by atoms with E-state index in [9.17, 15) is 18.0 Å². The summed E-state index contributed by atoms with van der Waals surface area (Å²) in [6, 6.07) is 23.6. The van der Waals surface area contributed by atoms with Crippen LogP contribution >= 0.6 is 0 Å². The zero-order chi connectivity index (χ0) is 28.3. The first kappa shape index (κ1) is 29.7. The molecule has 0 spiro atoms. The second-order valence-electron chi connectivity index (χ2n) is 9.03. The summed E-state index contributed by atoms with van der Waals surface area (Å²) in [5, 5.41) is 2.89. The molecule has 0 aliphatic rings. The molecule has 0 fully saturated rings. The fourth-order valence-corrected chi connectivity index (χ4v) is 5.78. The Bertz CT molecular complexity index is 1320. The van der Waals surface area contributed by atoms with Crippen molar-refractivity contribution in [2.24, 2.45) is 0 Å². The third-order valence-corrected chi connectivity index (χ3v) is 8.16. The van der Waals surface area contributed by atoms with Gasteiger partial charge in [0.25, 0.3) is 10.0 Å². The van der Waals surface area contributed by atoms with Crippen molar-refractivity contribution in [1.29, 1.82) is 0 Å². The molecule has 1 atom stereocenters. The Morgan fingerprint density at radius 1 is 0.897 bits per heavy atom. The minimum Gasteiger partial charge on any atom is -0.495 e. The predicted molar refractivity (Wildman–Crippen MR) is 153 cm³/mol. The van der Waals surface area contributed by atoms with Gasteiger partial charge in [-0.25, -0.2) is 8.42 Å². The molecule has 8 nitrogen and oxygen atoms in total. The molecule has 2 amide bonds. The Kier molecular flexibility index (Phi) is 10.9. The van der Waals surface area contributed by atoms with Gasteiger partial charge in [-0.15, -0.1) is 0 Å². The quantitative estimate of drug-likeness (QED) is 0.323. The molecule has 0 bridgehead atoms. The minimum absolute atomic E-state index is 0.0484. The first-order valence-electron chi connectivity index (χ1n) is 13.1. The van der Waals surface area contributed by atoms with Crippen molar-refractivity contribution in [3.05, 3.63) is 90.5 Å². The van der Waals surface area contributed by atoms with Gasteiger partial charge in [-0.1, -0.05) is 74.5 Å². The number of sulfonamides is 1. The largest absolute Gasteiger partial charge is 0.495 e. The molecule has 0 saturated carbocycles. The first-order chi connectivity index (χ1) is 18.8. The molecule has 0 aromatic heterocycles. The van der Waals surface area contributed by atoms with Crippen LogP contribution in [0.2, 0.25) is 0 Å². The van der Waals surface area contributed by atoms with Gasteiger partial charge in [-0.3, -0.25) is 13.9 Å². The zero-order valence-corrected chi connectivity index (χ0v) is 23.6. The van der Waals surface area contributed by atoms with Gasteiger partial charge in [-0.05, 0) is 49.1 Å². The molecule has 39 heavy (non-hydrogen) atoms. The van der Waals surface area contributed by atoms with Crippen molar-refractivity contribution in [2.75, 3.05) is 31.0 Å². The number of para-hydroxylation sites is 2. The second kappa shape index (κ2) is 14.3. The van der Waals surface area contributed by atoms with Crippen LogP contribution in [0.3, 0.4) is 0 Å². The highest BCUT2D eigenvalue weighted by molar-refractivity contribution is 7.92. The van der Waals surface area contributed by atoms with Crippen LogP contribution in [0.1, 0.15) is 32.3 Å². The van der Waals surface area contributed by atoms with Crippen LogP contribution in [-0.2, 0) is 26.0 Å². The number of anilines is 1. The molecule has 0 unspecified atom stereocenters. The van der Waals surface area contributed by atoms with E-state index in [-0.39, 0.29) is 23.0 Å². The average Bonchev–Trinajstić information content (AvgIpc) is 2.97. The Labute approximate surface area is 231 Å². The van der Waals surface area contributed by atoms with E-state index in [0.29, 0.717) is 25.1 Å². The van der Waals surface area contributed by atoms with Crippen molar-refractivity contribution in [1.82, 2.24) is 10.2 Å². The van der Waals surface area contributed by atoms with Crippen molar-refractivity contribution in [3.63, 3.8) is 0 Å². The normalized spacial score (nSPS) is 11.9. The van der Waals surface area contributed by atoms with E-state index >= 15 is 0 Å². The Morgan fingerprint density at radius 2 is 1.51 bits per heavy atom. The lowest BCUT2D eigenvalue weighted by Crippen LogP contribution is -2.53. The molecule has 0 heterocycles. The van der Waals surface area contributed by atoms with Crippen LogP contribution < -0.4 is 14.4 Å². The molecule has 0 radical (unpaired) electrons. The first-order valence-corrected chi connectivity index (χ1v) is 14.6. The summed E-state index contributed by atoms with van der Waals surface area (Å²) < 4.78 is 34.3. The Balaban J connectivity index is 2.02. The monoisotopic (exact) mass is 551 g/mol. The van der Waals surface area contributed by atoms with Crippen LogP contribution in [0.25, 0.3) is 0 Å². The Morgan fingerprint density at radius 3 is 2.13 bits per heavy atom. The topological polar surface area (TPSA) is 96.0 Å². The summed E-state index contributed by atoms with van der Waals surface area (Å²) >= 11 is 0. The van der Waals surface area contributed by atoms with Gasteiger partial charge in [0.1, 0.15) is 18.3 Å². The maximum atomic E-state index is 14.0. The van der Waals surface area contributed by atoms with Gasteiger partial charge in [-0.2, -0.15) is 0 Å². The van der Waals surface area contributed by atoms with Gasteiger partial charge in [0.2, 0.25) is 11.8 Å². The molecular weight excluding hydrogens is 514 g/mol. The number of carbonyl (C=O) groups excluding carboxylic acids is 2. The van der Waals surface area contributed by atoms with Crippen LogP contribution in [0.4, 0.5) is 5.69 Å². The fourth-order valence-electron chi connectivity index (χ4n) is 4.33. The van der Waals surface area contributed by atoms with Crippen LogP contribution in [0.15, 0.2) is 89.8 Å². The maximum absolute atomic E-state index is 14.0. The summed E-state index contributed by atoms with van der Waals surface area (Å²) in [6.07, 6.45) is 1.66. The van der Waals surface area contributed by atoms with Gasteiger partial charge < -0.3 is 15.0 Å². The van der Waals surface area contributed by atoms with Crippen LogP contribution in [0.5, 0.6) is 5.75 Å². The van der Waals surface area contributed by atoms with E-state index in [4.69, 9.17) is 4.74 Å². The van der Waals surface area contributed by atoms with Crippen LogP contribution in [0, 0.1) is 0 Å². The summed E-state index contributed by atoms with van der Waals surface area (Å²) in [5.41, 5.74) is 1.25. The lowest BCUT2D eigenvalue weighted by molar-refractivity contribution is -0.139. The summed E-state index contributed by atoms with van der Waals surface area (Å²) in [6.45, 7) is 4.05. The highest BCUT2D eigenvalue weighted by atomic mass is 32.2. The molecule has 3 rings (SSSR count). The number of amides is 2. The molecule has 3 aromatic carbocycles. The van der Waals surface area contributed by atoms with Crippen molar-refractivity contribution in [3.8, 4) is 5.75 Å². The van der Waals surface area contributed by atoms with E-state index in [1.807, 2.05) is 44.2 Å². The van der Waals surface area contributed by atoms with E-state index < -0.39 is 28.5 Å². The number of ether oxygens (including phenoxy) is 1. The number of hydrogen-bond acceptors (Lipinski definition) is 5. The number of benzene rings is 3. The summed E-state index contributed by atoms with van der Waals surface area (Å²) in [4.78, 5) is 28.7. The smallest absolute Gasteiger partial charge is 0.264 e. The van der Waals surface area contributed by atoms with Gasteiger partial charge in [0.05, 0.1) is 17.7 Å². The lowest BCUT2D eigenvalue weighted by atomic mass is 10.1. The number of nitrogens with one attached hydrogen (secondary N) is 1. The summed E-state index contributed by atoms with van der Waals surface area (Å²) in [5.74, 6) is -0.418. The highest BCUT2D eigenvalue weighted by Gasteiger charge is 2.34. The molecule has 1 N–H and O–H groups in total. The highest BCUT2D eigenvalue weighted by Crippen LogP contribution is 2.32. The van der Waals surface area contributed by atoms with E-state index in [1.54, 1.807) is 42.5 Å². The van der Waals surface area contributed by atoms with Crippen molar-refractivity contribution < 1.29 is 22.7 Å². The molecule has 9 heteroatoms. The van der Waals surface area contributed by atoms with Crippen molar-refractivity contribution >= 4 is 27.5 Å². The van der Waals surface area contributed by atoms with E-state index in [0.717, 1.165) is 16.3 Å². The van der Waals surface area contributed by atoms with Gasteiger partial charge in [0, 0.05) is 13.1 Å². The standard InChI is InChI=1S/C30H37N3O5S/c1-4-21-31-30(35)26(5-2)32(22-20-24-14-8-6-9-15-24)29(34)23-33(27-18-12-13-19-28(27)38-3)39(36,37)25-16-10-7-11-17-25/h6-19,26H,4-5,20-23H2,1-3H3,(H,31,35)/t26-/m1/s1. The number of nitrogens with zero attached hydrogens (tertiary/aromatic N) is 2. The number of carbonyl (C=O) groups is 2. The van der Waals surface area contributed by atoms with Crippen LogP contribution in [-0.4, -0.2) is 57.9 Å². The molecule has 0 aliphatic carbocycles. The van der Waals surface area contributed by atoms with E-state index in [2.05, 4.69) is 5.32 Å². The SMILES string of the molecule is CCCNC(=O)[C@@H](CC)N(CCc1ccccc1)C(=O)CN(c1ccccc1OC)S(=O)(=O)c1ccccc1. The summed E-state index contributed by atoms with van der Waals surface area (Å²) in [7, 11) is -2.69. The number of hydrogen-bond donors (Lipinski definition) is 1. The predicted octanol–water partition coefficient (Wildman–Crippen LogP) is 4.27. The zero-order valence-electron chi connectivity index (χ0n) is 22.7. The average molecular weight is 552 g/mol.